The number of amides is 3. The molecule has 0 spiro atoms. The quantitative estimate of drug-likeness (QED) is 0.585. The molecule has 7 heteroatoms. The SMILES string of the molecule is O=C(CN1C(=O)C2C3C=CC(C3)C2C1=O)NCCc1ccc(F)c(Br)c1. The predicted molar refractivity (Wildman–Crippen MR) is 95.3 cm³/mol. The maximum atomic E-state index is 13.2. The van der Waals surface area contributed by atoms with E-state index in [1.807, 2.05) is 12.2 Å². The van der Waals surface area contributed by atoms with E-state index in [0.717, 1.165) is 16.9 Å². The van der Waals surface area contributed by atoms with E-state index in [1.54, 1.807) is 12.1 Å². The minimum absolute atomic E-state index is 0.145. The molecular weight excluding hydrogens is 403 g/mol. The molecule has 2 bridgehead atoms. The fourth-order valence-corrected chi connectivity index (χ4v) is 4.79. The van der Waals surface area contributed by atoms with Crippen molar-refractivity contribution in [1.82, 2.24) is 10.2 Å². The van der Waals surface area contributed by atoms with Crippen molar-refractivity contribution in [3.8, 4) is 0 Å². The highest BCUT2D eigenvalue weighted by molar-refractivity contribution is 9.10. The molecule has 4 rings (SSSR count). The summed E-state index contributed by atoms with van der Waals surface area (Å²) < 4.78 is 13.6. The monoisotopic (exact) mass is 420 g/mol. The maximum absolute atomic E-state index is 13.2. The van der Waals surface area contributed by atoms with Gasteiger partial charge in [0, 0.05) is 6.54 Å². The first-order valence-electron chi connectivity index (χ1n) is 8.70. The smallest absolute Gasteiger partial charge is 0.240 e. The van der Waals surface area contributed by atoms with Crippen molar-refractivity contribution in [2.24, 2.45) is 23.7 Å². The number of carbonyl (C=O) groups excluding carboxylic acids is 3. The first-order chi connectivity index (χ1) is 12.5. The number of benzene rings is 1. The Morgan fingerprint density at radius 2 is 1.85 bits per heavy atom. The Morgan fingerprint density at radius 3 is 2.46 bits per heavy atom. The van der Waals surface area contributed by atoms with Crippen molar-refractivity contribution >= 4 is 33.7 Å². The molecule has 2 aliphatic carbocycles. The number of imide groups is 1. The molecule has 26 heavy (non-hydrogen) atoms. The Labute approximate surface area is 158 Å². The molecule has 1 heterocycles. The summed E-state index contributed by atoms with van der Waals surface area (Å²) in [7, 11) is 0. The summed E-state index contributed by atoms with van der Waals surface area (Å²) in [4.78, 5) is 38.3. The number of hydrogen-bond acceptors (Lipinski definition) is 3. The standard InChI is InChI=1S/C19H18BrFN2O3/c20-13-7-10(1-4-14(13)21)5-6-22-15(24)9-23-18(25)16-11-2-3-12(8-11)17(16)19(23)26/h1-4,7,11-12,16-17H,5-6,8-9H2,(H,22,24). The first kappa shape index (κ1) is 17.4. The van der Waals surface area contributed by atoms with Crippen molar-refractivity contribution in [1.29, 1.82) is 0 Å². The zero-order valence-corrected chi connectivity index (χ0v) is 15.5. The highest BCUT2D eigenvalue weighted by atomic mass is 79.9. The second-order valence-corrected chi connectivity index (χ2v) is 7.97. The van der Waals surface area contributed by atoms with Gasteiger partial charge >= 0.3 is 0 Å². The van der Waals surface area contributed by atoms with E-state index in [4.69, 9.17) is 0 Å². The van der Waals surface area contributed by atoms with E-state index < -0.39 is 0 Å². The van der Waals surface area contributed by atoms with Gasteiger partial charge in [0.15, 0.2) is 0 Å². The minimum atomic E-state index is -0.354. The summed E-state index contributed by atoms with van der Waals surface area (Å²) >= 11 is 3.13. The molecule has 4 atom stereocenters. The van der Waals surface area contributed by atoms with Gasteiger partial charge in [0.25, 0.3) is 0 Å². The van der Waals surface area contributed by atoms with Crippen molar-refractivity contribution in [2.45, 2.75) is 12.8 Å². The van der Waals surface area contributed by atoms with E-state index in [1.165, 1.54) is 6.07 Å². The zero-order chi connectivity index (χ0) is 18.4. The third kappa shape index (κ3) is 2.88. The van der Waals surface area contributed by atoms with E-state index in [9.17, 15) is 18.8 Å². The summed E-state index contributed by atoms with van der Waals surface area (Å²) in [6, 6.07) is 4.69. The van der Waals surface area contributed by atoms with Crippen LogP contribution < -0.4 is 5.32 Å². The van der Waals surface area contributed by atoms with Crippen molar-refractivity contribution < 1.29 is 18.8 Å². The minimum Gasteiger partial charge on any atom is -0.354 e. The van der Waals surface area contributed by atoms with Gasteiger partial charge in [-0.1, -0.05) is 18.2 Å². The van der Waals surface area contributed by atoms with Crippen LogP contribution in [0.1, 0.15) is 12.0 Å². The lowest BCUT2D eigenvalue weighted by molar-refractivity contribution is -0.144. The second-order valence-electron chi connectivity index (χ2n) is 7.11. The summed E-state index contributed by atoms with van der Waals surface area (Å²) in [6.07, 6.45) is 5.47. The van der Waals surface area contributed by atoms with Gasteiger partial charge in [-0.3, -0.25) is 19.3 Å². The molecular formula is C19H18BrFN2O3. The van der Waals surface area contributed by atoms with Gasteiger partial charge in [0.2, 0.25) is 17.7 Å². The van der Waals surface area contributed by atoms with E-state index in [2.05, 4.69) is 21.2 Å². The molecule has 2 fully saturated rings. The lowest BCUT2D eigenvalue weighted by Crippen LogP contribution is -2.42. The zero-order valence-electron chi connectivity index (χ0n) is 14.0. The third-order valence-corrected chi connectivity index (χ3v) is 6.19. The molecule has 3 amide bonds. The van der Waals surface area contributed by atoms with E-state index >= 15 is 0 Å². The third-order valence-electron chi connectivity index (χ3n) is 5.58. The molecule has 1 aromatic carbocycles. The Balaban J connectivity index is 1.31. The maximum Gasteiger partial charge on any atom is 0.240 e. The number of nitrogens with one attached hydrogen (secondary N) is 1. The molecule has 1 aromatic rings. The fraction of sp³-hybridized carbons (Fsp3) is 0.421. The predicted octanol–water partition coefficient (Wildman–Crippen LogP) is 2.05. The average Bonchev–Trinajstić information content (AvgIpc) is 3.28. The van der Waals surface area contributed by atoms with Crippen LogP contribution in [-0.2, 0) is 20.8 Å². The molecule has 5 nitrogen and oxygen atoms in total. The van der Waals surface area contributed by atoms with Gasteiger partial charge in [-0.2, -0.15) is 0 Å². The van der Waals surface area contributed by atoms with Gasteiger partial charge in [-0.15, -0.1) is 0 Å². The number of halogens is 2. The van der Waals surface area contributed by atoms with E-state index in [0.29, 0.717) is 17.4 Å². The molecule has 0 radical (unpaired) electrons. The molecule has 1 N–H and O–H groups in total. The topological polar surface area (TPSA) is 66.5 Å². The van der Waals surface area contributed by atoms with Crippen LogP contribution in [0, 0.1) is 29.5 Å². The van der Waals surface area contributed by atoms with Gasteiger partial charge in [-0.05, 0) is 58.3 Å². The highest BCUT2D eigenvalue weighted by Gasteiger charge is 2.59. The van der Waals surface area contributed by atoms with Gasteiger partial charge in [-0.25, -0.2) is 4.39 Å². The van der Waals surface area contributed by atoms with Crippen LogP contribution in [0.4, 0.5) is 4.39 Å². The number of likely N-dealkylation sites (tertiary alicyclic amines) is 1. The summed E-state index contributed by atoms with van der Waals surface area (Å²) in [5.41, 5.74) is 0.879. The van der Waals surface area contributed by atoms with Gasteiger partial charge < -0.3 is 5.32 Å². The Kier molecular flexibility index (Phi) is 4.42. The van der Waals surface area contributed by atoms with Crippen molar-refractivity contribution in [3.63, 3.8) is 0 Å². The number of fused-ring (bicyclic) bond motifs is 5. The summed E-state index contributed by atoms with van der Waals surface area (Å²) in [5, 5.41) is 2.73. The number of allylic oxidation sites excluding steroid dienone is 2. The van der Waals surface area contributed by atoms with Gasteiger partial charge in [0.1, 0.15) is 12.4 Å². The number of nitrogens with zero attached hydrogens (tertiary/aromatic N) is 1. The largest absolute Gasteiger partial charge is 0.354 e. The summed E-state index contributed by atoms with van der Waals surface area (Å²) in [6.45, 7) is 0.129. The Hall–Kier alpha value is -2.02. The van der Waals surface area contributed by atoms with Crippen LogP contribution in [0.5, 0.6) is 0 Å². The molecule has 1 saturated carbocycles. The van der Waals surface area contributed by atoms with Crippen LogP contribution >= 0.6 is 15.9 Å². The van der Waals surface area contributed by atoms with Crippen LogP contribution in [-0.4, -0.2) is 35.7 Å². The first-order valence-corrected chi connectivity index (χ1v) is 9.49. The van der Waals surface area contributed by atoms with Gasteiger partial charge in [0.05, 0.1) is 16.3 Å². The summed E-state index contributed by atoms with van der Waals surface area (Å²) in [5.74, 6) is -1.38. The number of rotatable bonds is 5. The molecule has 136 valence electrons. The molecule has 3 aliphatic rings. The fourth-order valence-electron chi connectivity index (χ4n) is 4.36. The molecule has 4 unspecified atom stereocenters. The van der Waals surface area contributed by atoms with E-state index in [-0.39, 0.29) is 53.8 Å². The van der Waals surface area contributed by atoms with Crippen molar-refractivity contribution in [2.75, 3.05) is 13.1 Å². The Bertz CT molecular complexity index is 795. The number of carbonyl (C=O) groups is 3. The lowest BCUT2D eigenvalue weighted by Gasteiger charge is -2.16. The average molecular weight is 421 g/mol. The second kappa shape index (κ2) is 6.61. The Morgan fingerprint density at radius 1 is 1.19 bits per heavy atom. The lowest BCUT2D eigenvalue weighted by atomic mass is 9.85. The van der Waals surface area contributed by atoms with Crippen LogP contribution in [0.25, 0.3) is 0 Å². The molecule has 1 aliphatic heterocycles. The number of hydrogen-bond donors (Lipinski definition) is 1. The van der Waals surface area contributed by atoms with Crippen LogP contribution in [0.15, 0.2) is 34.8 Å². The normalized spacial score (nSPS) is 28.8. The molecule has 0 aromatic heterocycles. The van der Waals surface area contributed by atoms with Crippen LogP contribution in [0.3, 0.4) is 0 Å². The molecule has 1 saturated heterocycles. The highest BCUT2D eigenvalue weighted by Crippen LogP contribution is 2.52. The van der Waals surface area contributed by atoms with Crippen molar-refractivity contribution in [3.05, 3.63) is 46.2 Å². The van der Waals surface area contributed by atoms with Crippen LogP contribution in [0.2, 0.25) is 0 Å².